The molecule has 88 valence electrons. The Kier molecular flexibility index (Phi) is 5.01. The average molecular weight is 256 g/mol. The molecule has 0 unspecified atom stereocenters. The summed E-state index contributed by atoms with van der Waals surface area (Å²) in [6, 6.07) is 8.58. The summed E-state index contributed by atoms with van der Waals surface area (Å²) in [4.78, 5) is 3.91. The van der Waals surface area contributed by atoms with Crippen molar-refractivity contribution in [2.24, 2.45) is 0 Å². The van der Waals surface area contributed by atoms with Crippen molar-refractivity contribution in [3.8, 4) is 0 Å². The van der Waals surface area contributed by atoms with Crippen molar-refractivity contribution in [2.45, 2.75) is 23.6 Å². The van der Waals surface area contributed by atoms with Crippen LogP contribution >= 0.6 is 23.4 Å². The quantitative estimate of drug-likeness (QED) is 0.584. The number of hydrogen-bond donors (Lipinski definition) is 0. The van der Waals surface area contributed by atoms with Crippen molar-refractivity contribution in [3.05, 3.63) is 29.8 Å². The number of halogens is 1. The van der Waals surface area contributed by atoms with Gasteiger partial charge in [-0.15, -0.1) is 23.4 Å². The second-order valence-electron chi connectivity index (χ2n) is 4.17. The molecular formula is C13H18ClNS. The molecule has 1 nitrogen and oxygen atoms in total. The zero-order valence-corrected chi connectivity index (χ0v) is 11.1. The summed E-state index contributed by atoms with van der Waals surface area (Å²) in [7, 11) is 0. The monoisotopic (exact) mass is 255 g/mol. The zero-order valence-electron chi connectivity index (χ0n) is 9.49. The maximum Gasteiger partial charge on any atom is 0.0474 e. The summed E-state index contributed by atoms with van der Waals surface area (Å²) in [6.07, 6.45) is 2.77. The highest BCUT2D eigenvalue weighted by atomic mass is 35.5. The minimum atomic E-state index is 0.610. The van der Waals surface area contributed by atoms with Crippen molar-refractivity contribution in [2.75, 3.05) is 25.4 Å². The first-order valence-electron chi connectivity index (χ1n) is 5.88. The van der Waals surface area contributed by atoms with E-state index in [2.05, 4.69) is 29.2 Å². The highest BCUT2D eigenvalue weighted by Gasteiger charge is 2.10. The molecule has 0 radical (unpaired) electrons. The third-order valence-corrected chi connectivity index (χ3v) is 4.25. The van der Waals surface area contributed by atoms with Crippen LogP contribution in [0.1, 0.15) is 18.4 Å². The molecule has 0 amide bonds. The number of benzene rings is 1. The number of thioether (sulfide) groups is 1. The fourth-order valence-electron chi connectivity index (χ4n) is 1.97. The lowest BCUT2D eigenvalue weighted by Crippen LogP contribution is -2.21. The SMILES string of the molecule is ClCc1ccc(SCCN2CCCC2)cc1. The van der Waals surface area contributed by atoms with Gasteiger partial charge >= 0.3 is 0 Å². The topological polar surface area (TPSA) is 3.24 Å². The highest BCUT2D eigenvalue weighted by Crippen LogP contribution is 2.19. The molecule has 1 aromatic rings. The lowest BCUT2D eigenvalue weighted by molar-refractivity contribution is 0.362. The van der Waals surface area contributed by atoms with E-state index in [0.29, 0.717) is 5.88 Å². The van der Waals surface area contributed by atoms with Crippen LogP contribution < -0.4 is 0 Å². The van der Waals surface area contributed by atoms with Crippen LogP contribution in [0, 0.1) is 0 Å². The first-order chi connectivity index (χ1) is 7.88. The van der Waals surface area contributed by atoms with Gasteiger partial charge in [-0.25, -0.2) is 0 Å². The molecule has 1 saturated heterocycles. The first-order valence-corrected chi connectivity index (χ1v) is 7.40. The standard InChI is InChI=1S/C13H18ClNS/c14-11-12-3-5-13(6-4-12)16-10-9-15-7-1-2-8-15/h3-6H,1-2,7-11H2. The molecule has 0 saturated carbocycles. The molecule has 0 spiro atoms. The van der Waals surface area contributed by atoms with E-state index in [1.807, 2.05) is 11.8 Å². The average Bonchev–Trinajstić information content (AvgIpc) is 2.83. The molecule has 1 aliphatic heterocycles. The van der Waals surface area contributed by atoms with Gasteiger partial charge in [0.2, 0.25) is 0 Å². The molecule has 1 fully saturated rings. The predicted octanol–water partition coefficient (Wildman–Crippen LogP) is 3.61. The van der Waals surface area contributed by atoms with Crippen LogP contribution in [-0.4, -0.2) is 30.3 Å². The Bertz CT molecular complexity index is 306. The molecule has 16 heavy (non-hydrogen) atoms. The van der Waals surface area contributed by atoms with Crippen LogP contribution in [0.2, 0.25) is 0 Å². The Morgan fingerprint density at radius 3 is 2.44 bits per heavy atom. The van der Waals surface area contributed by atoms with Crippen LogP contribution in [0.15, 0.2) is 29.2 Å². The van der Waals surface area contributed by atoms with Gasteiger partial charge in [0.15, 0.2) is 0 Å². The molecule has 3 heteroatoms. The van der Waals surface area contributed by atoms with Crippen molar-refractivity contribution < 1.29 is 0 Å². The van der Waals surface area contributed by atoms with Crippen LogP contribution in [0.25, 0.3) is 0 Å². The van der Waals surface area contributed by atoms with Gasteiger partial charge in [0.05, 0.1) is 0 Å². The molecule has 1 heterocycles. The van der Waals surface area contributed by atoms with Gasteiger partial charge in [0, 0.05) is 23.1 Å². The van der Waals surface area contributed by atoms with E-state index in [-0.39, 0.29) is 0 Å². The molecule has 0 aromatic heterocycles. The van der Waals surface area contributed by atoms with Gasteiger partial charge < -0.3 is 4.90 Å². The number of alkyl halides is 1. The number of hydrogen-bond acceptors (Lipinski definition) is 2. The Balaban J connectivity index is 1.71. The Labute approximate surface area is 107 Å². The van der Waals surface area contributed by atoms with Crippen LogP contribution in [0.5, 0.6) is 0 Å². The molecule has 1 aliphatic rings. The summed E-state index contributed by atoms with van der Waals surface area (Å²) < 4.78 is 0. The number of nitrogens with zero attached hydrogens (tertiary/aromatic N) is 1. The van der Waals surface area contributed by atoms with E-state index in [0.717, 1.165) is 0 Å². The first kappa shape index (κ1) is 12.3. The van der Waals surface area contributed by atoms with E-state index < -0.39 is 0 Å². The minimum Gasteiger partial charge on any atom is -0.303 e. The molecule has 1 aromatic carbocycles. The number of rotatable bonds is 5. The summed E-state index contributed by atoms with van der Waals surface area (Å²) in [5.41, 5.74) is 1.20. The van der Waals surface area contributed by atoms with E-state index in [4.69, 9.17) is 11.6 Å². The van der Waals surface area contributed by atoms with Crippen molar-refractivity contribution in [1.82, 2.24) is 4.90 Å². The lowest BCUT2D eigenvalue weighted by atomic mass is 10.2. The number of likely N-dealkylation sites (tertiary alicyclic amines) is 1. The fourth-order valence-corrected chi connectivity index (χ4v) is 3.07. The smallest absolute Gasteiger partial charge is 0.0474 e. The minimum absolute atomic E-state index is 0.610. The van der Waals surface area contributed by atoms with Crippen molar-refractivity contribution in [1.29, 1.82) is 0 Å². The Morgan fingerprint density at radius 1 is 1.12 bits per heavy atom. The zero-order chi connectivity index (χ0) is 11.2. The van der Waals surface area contributed by atoms with Gasteiger partial charge in [-0.2, -0.15) is 0 Å². The summed E-state index contributed by atoms with van der Waals surface area (Å²) in [5, 5.41) is 0. The largest absolute Gasteiger partial charge is 0.303 e. The van der Waals surface area contributed by atoms with Gasteiger partial charge in [-0.3, -0.25) is 0 Å². The summed E-state index contributed by atoms with van der Waals surface area (Å²) in [6.45, 7) is 3.82. The summed E-state index contributed by atoms with van der Waals surface area (Å²) >= 11 is 7.70. The van der Waals surface area contributed by atoms with Crippen LogP contribution in [-0.2, 0) is 5.88 Å². The van der Waals surface area contributed by atoms with E-state index in [1.54, 1.807) is 0 Å². The van der Waals surface area contributed by atoms with E-state index in [1.165, 1.54) is 48.7 Å². The molecule has 0 atom stereocenters. The Morgan fingerprint density at radius 2 is 1.81 bits per heavy atom. The molecule has 0 bridgehead atoms. The maximum absolute atomic E-state index is 5.76. The highest BCUT2D eigenvalue weighted by molar-refractivity contribution is 7.99. The molecular weight excluding hydrogens is 238 g/mol. The third kappa shape index (κ3) is 3.69. The second kappa shape index (κ2) is 6.53. The molecule has 2 rings (SSSR count). The Hall–Kier alpha value is -0.180. The van der Waals surface area contributed by atoms with Gasteiger partial charge in [-0.1, -0.05) is 12.1 Å². The predicted molar refractivity (Wildman–Crippen MR) is 72.4 cm³/mol. The van der Waals surface area contributed by atoms with Crippen LogP contribution in [0.4, 0.5) is 0 Å². The summed E-state index contributed by atoms with van der Waals surface area (Å²) in [5.74, 6) is 1.80. The normalized spacial score (nSPS) is 16.8. The second-order valence-corrected chi connectivity index (χ2v) is 5.61. The van der Waals surface area contributed by atoms with Gasteiger partial charge in [-0.05, 0) is 43.6 Å². The third-order valence-electron chi connectivity index (χ3n) is 2.95. The maximum atomic E-state index is 5.76. The lowest BCUT2D eigenvalue weighted by Gasteiger charge is -2.13. The van der Waals surface area contributed by atoms with Crippen molar-refractivity contribution in [3.63, 3.8) is 0 Å². The van der Waals surface area contributed by atoms with Crippen molar-refractivity contribution >= 4 is 23.4 Å². The van der Waals surface area contributed by atoms with Gasteiger partial charge in [0.25, 0.3) is 0 Å². The van der Waals surface area contributed by atoms with Crippen LogP contribution in [0.3, 0.4) is 0 Å². The molecule has 0 aliphatic carbocycles. The van der Waals surface area contributed by atoms with E-state index in [9.17, 15) is 0 Å². The van der Waals surface area contributed by atoms with Gasteiger partial charge in [0.1, 0.15) is 0 Å². The fraction of sp³-hybridized carbons (Fsp3) is 0.538. The van der Waals surface area contributed by atoms with E-state index >= 15 is 0 Å². The molecule has 0 N–H and O–H groups in total.